The van der Waals surface area contributed by atoms with Crippen molar-refractivity contribution >= 4 is 0 Å². The smallest absolute Gasteiger partial charge is 0.0177 e. The van der Waals surface area contributed by atoms with Crippen LogP contribution in [0, 0.1) is 11.8 Å². The summed E-state index contributed by atoms with van der Waals surface area (Å²) in [6.07, 6.45) is 7.28. The first-order valence-electron chi connectivity index (χ1n) is 4.52. The molecule has 0 amide bonds. The zero-order valence-electron chi connectivity index (χ0n) is 7.47. The van der Waals surface area contributed by atoms with Crippen LogP contribution in [0.2, 0.25) is 0 Å². The van der Waals surface area contributed by atoms with Crippen molar-refractivity contribution in [2.45, 2.75) is 32.6 Å². The predicted molar refractivity (Wildman–Crippen MR) is 50.5 cm³/mol. The quantitative estimate of drug-likeness (QED) is 0.415. The van der Waals surface area contributed by atoms with Gasteiger partial charge in [-0.1, -0.05) is 18.2 Å². The molecule has 0 aromatic heterocycles. The molecule has 1 aliphatic rings. The van der Waals surface area contributed by atoms with E-state index in [9.17, 15) is 0 Å². The van der Waals surface area contributed by atoms with Gasteiger partial charge in [-0.25, -0.2) is 0 Å². The molecule has 0 bridgehead atoms. The molecule has 62 valence electrons. The highest BCUT2D eigenvalue weighted by molar-refractivity contribution is 5.08. The van der Waals surface area contributed by atoms with Gasteiger partial charge in [0.25, 0.3) is 0 Å². The van der Waals surface area contributed by atoms with Gasteiger partial charge >= 0.3 is 0 Å². The van der Waals surface area contributed by atoms with Crippen LogP contribution >= 0.6 is 0 Å². The van der Waals surface area contributed by atoms with Gasteiger partial charge in [0.05, 0.1) is 0 Å². The molecule has 0 saturated heterocycles. The van der Waals surface area contributed by atoms with Crippen LogP contribution in [0.15, 0.2) is 24.8 Å². The third-order valence-corrected chi connectivity index (χ3v) is 2.54. The Morgan fingerprint density at radius 1 is 1.64 bits per heavy atom. The molecule has 0 heteroatoms. The van der Waals surface area contributed by atoms with Gasteiger partial charge in [0.15, 0.2) is 0 Å². The van der Waals surface area contributed by atoms with E-state index in [0.29, 0.717) is 0 Å². The monoisotopic (exact) mass is 150 g/mol. The second-order valence-corrected chi connectivity index (χ2v) is 3.67. The van der Waals surface area contributed by atoms with Crippen molar-refractivity contribution in [3.05, 3.63) is 24.8 Å². The number of allylic oxidation sites excluding steroid dienone is 2. The van der Waals surface area contributed by atoms with E-state index < -0.39 is 0 Å². The van der Waals surface area contributed by atoms with E-state index in [2.05, 4.69) is 20.1 Å². The fraction of sp³-hybridized carbons (Fsp3) is 0.636. The van der Waals surface area contributed by atoms with E-state index in [-0.39, 0.29) is 0 Å². The minimum atomic E-state index is 0.861. The minimum absolute atomic E-state index is 0.861. The first-order chi connectivity index (χ1) is 5.25. The Hall–Kier alpha value is -0.520. The van der Waals surface area contributed by atoms with E-state index in [1.165, 1.54) is 31.3 Å². The highest BCUT2D eigenvalue weighted by atomic mass is 14.4. The topological polar surface area (TPSA) is 0 Å². The minimum Gasteiger partial charge on any atom is -0.103 e. The van der Waals surface area contributed by atoms with Crippen molar-refractivity contribution in [2.75, 3.05) is 0 Å². The van der Waals surface area contributed by atoms with Crippen molar-refractivity contribution in [3.8, 4) is 0 Å². The summed E-state index contributed by atoms with van der Waals surface area (Å²) < 4.78 is 0. The summed E-state index contributed by atoms with van der Waals surface area (Å²) in [4.78, 5) is 0. The molecule has 0 N–H and O–H groups in total. The van der Waals surface area contributed by atoms with Crippen LogP contribution in [0.5, 0.6) is 0 Å². The molecule has 11 heavy (non-hydrogen) atoms. The highest BCUT2D eigenvalue weighted by Crippen LogP contribution is 2.46. The van der Waals surface area contributed by atoms with Gasteiger partial charge in [0.1, 0.15) is 0 Å². The fourth-order valence-corrected chi connectivity index (χ4v) is 1.69. The van der Waals surface area contributed by atoms with Crippen molar-refractivity contribution < 1.29 is 0 Å². The molecule has 0 nitrogen and oxygen atoms in total. The van der Waals surface area contributed by atoms with Crippen molar-refractivity contribution in [2.24, 2.45) is 11.8 Å². The first kappa shape index (κ1) is 8.58. The summed E-state index contributed by atoms with van der Waals surface area (Å²) >= 11 is 0. The lowest BCUT2D eigenvalue weighted by atomic mass is 10.1. The summed E-state index contributed by atoms with van der Waals surface area (Å²) in [5.41, 5.74) is 1.38. The maximum Gasteiger partial charge on any atom is -0.0177 e. The Bertz CT molecular complexity index is 155. The van der Waals surface area contributed by atoms with Gasteiger partial charge < -0.3 is 0 Å². The maximum atomic E-state index is 3.98. The first-order valence-corrected chi connectivity index (χ1v) is 4.52. The lowest BCUT2D eigenvalue weighted by Crippen LogP contribution is -1.83. The van der Waals surface area contributed by atoms with Crippen LogP contribution in [0.4, 0.5) is 0 Å². The average Bonchev–Trinajstić information content (AvgIpc) is 2.68. The van der Waals surface area contributed by atoms with Crippen LogP contribution in [-0.4, -0.2) is 0 Å². The molecule has 0 radical (unpaired) electrons. The van der Waals surface area contributed by atoms with E-state index >= 15 is 0 Å². The van der Waals surface area contributed by atoms with Crippen molar-refractivity contribution in [3.63, 3.8) is 0 Å². The van der Waals surface area contributed by atoms with E-state index in [0.717, 1.165) is 11.8 Å². The van der Waals surface area contributed by atoms with E-state index in [1.807, 2.05) is 6.08 Å². The van der Waals surface area contributed by atoms with Crippen LogP contribution < -0.4 is 0 Å². The second kappa shape index (κ2) is 3.75. The standard InChI is InChI=1S/C11H18/c1-4-5-6-7-10-8-11(10)9(2)3/h4,10-11H,1-2,5-8H2,3H3/t10-,11+/m1/s1. The van der Waals surface area contributed by atoms with Crippen LogP contribution in [-0.2, 0) is 0 Å². The molecule has 0 aliphatic heterocycles. The van der Waals surface area contributed by atoms with Gasteiger partial charge in [0.2, 0.25) is 0 Å². The Kier molecular flexibility index (Phi) is 2.92. The second-order valence-electron chi connectivity index (χ2n) is 3.67. The summed E-state index contributed by atoms with van der Waals surface area (Å²) in [5.74, 6) is 1.83. The third-order valence-electron chi connectivity index (χ3n) is 2.54. The SMILES string of the molecule is C=CCCC[C@@H]1C[C@H]1C(=C)C. The lowest BCUT2D eigenvalue weighted by molar-refractivity contribution is 0.644. The van der Waals surface area contributed by atoms with Crippen molar-refractivity contribution in [1.29, 1.82) is 0 Å². The Morgan fingerprint density at radius 2 is 2.36 bits per heavy atom. The predicted octanol–water partition coefficient (Wildman–Crippen LogP) is 3.55. The Morgan fingerprint density at radius 3 is 2.82 bits per heavy atom. The molecule has 0 heterocycles. The third kappa shape index (κ3) is 2.53. The molecular formula is C11H18. The van der Waals surface area contributed by atoms with Gasteiger partial charge in [-0.3, -0.25) is 0 Å². The normalized spacial score (nSPS) is 28.1. The maximum absolute atomic E-state index is 3.98. The molecule has 1 rings (SSSR count). The zero-order valence-corrected chi connectivity index (χ0v) is 7.47. The molecule has 1 fully saturated rings. The van der Waals surface area contributed by atoms with E-state index in [4.69, 9.17) is 0 Å². The molecular weight excluding hydrogens is 132 g/mol. The highest BCUT2D eigenvalue weighted by Gasteiger charge is 2.36. The van der Waals surface area contributed by atoms with E-state index in [1.54, 1.807) is 0 Å². The number of hydrogen-bond acceptors (Lipinski definition) is 0. The van der Waals surface area contributed by atoms with Gasteiger partial charge in [0, 0.05) is 0 Å². The molecule has 0 aromatic rings. The zero-order chi connectivity index (χ0) is 8.27. The average molecular weight is 150 g/mol. The fourth-order valence-electron chi connectivity index (χ4n) is 1.69. The molecule has 2 atom stereocenters. The Labute approximate surface area is 70.0 Å². The molecule has 1 saturated carbocycles. The van der Waals surface area contributed by atoms with Crippen LogP contribution in [0.3, 0.4) is 0 Å². The van der Waals surface area contributed by atoms with Gasteiger partial charge in [-0.05, 0) is 44.4 Å². The molecule has 0 aromatic carbocycles. The van der Waals surface area contributed by atoms with Crippen molar-refractivity contribution in [1.82, 2.24) is 0 Å². The van der Waals surface area contributed by atoms with Crippen LogP contribution in [0.25, 0.3) is 0 Å². The van der Waals surface area contributed by atoms with Crippen LogP contribution in [0.1, 0.15) is 32.6 Å². The van der Waals surface area contributed by atoms with Gasteiger partial charge in [-0.2, -0.15) is 0 Å². The number of hydrogen-bond donors (Lipinski definition) is 0. The largest absolute Gasteiger partial charge is 0.103 e. The summed E-state index contributed by atoms with van der Waals surface area (Å²) in [6.45, 7) is 9.84. The molecule has 0 unspecified atom stereocenters. The number of rotatable bonds is 5. The lowest BCUT2D eigenvalue weighted by Gasteiger charge is -1.96. The number of unbranched alkanes of at least 4 members (excludes halogenated alkanes) is 1. The Balaban J connectivity index is 2.04. The summed E-state index contributed by atoms with van der Waals surface area (Å²) in [6, 6.07) is 0. The summed E-state index contributed by atoms with van der Waals surface area (Å²) in [5, 5.41) is 0. The molecule has 0 spiro atoms. The van der Waals surface area contributed by atoms with Gasteiger partial charge in [-0.15, -0.1) is 6.58 Å². The summed E-state index contributed by atoms with van der Waals surface area (Å²) in [7, 11) is 0. The molecule has 1 aliphatic carbocycles.